The van der Waals surface area contributed by atoms with E-state index in [1.54, 1.807) is 23.9 Å². The van der Waals surface area contributed by atoms with Gasteiger partial charge in [-0.2, -0.15) is 0 Å². The summed E-state index contributed by atoms with van der Waals surface area (Å²) in [5.41, 5.74) is 1.67. The van der Waals surface area contributed by atoms with Crippen molar-refractivity contribution >= 4 is 17.6 Å². The van der Waals surface area contributed by atoms with Crippen LogP contribution in [-0.2, 0) is 11.2 Å². The molecule has 0 radical (unpaired) electrons. The highest BCUT2D eigenvalue weighted by atomic mass is 16.2. The topological polar surface area (TPSA) is 52.7 Å². The summed E-state index contributed by atoms with van der Waals surface area (Å²) >= 11 is 0. The Hall–Kier alpha value is -2.04. The highest BCUT2D eigenvalue weighted by molar-refractivity contribution is 5.89. The molecule has 1 rings (SSSR count). The van der Waals surface area contributed by atoms with Crippen LogP contribution in [0.5, 0.6) is 0 Å². The molecule has 0 atom stereocenters. The Morgan fingerprint density at radius 1 is 1.05 bits per heavy atom. The molecule has 5 heteroatoms. The molecule has 0 saturated heterocycles. The minimum Gasteiger partial charge on any atom is -0.349 e. The molecule has 0 unspecified atom stereocenters. The average molecular weight is 277 g/mol. The molecule has 0 heterocycles. The standard InChI is InChI=1S/C15H23N3O2/c1-5-18(6-2)15(20)16-13-9-7-12(8-10-13)11-14(19)17(3)4/h7-10H,5-6,11H2,1-4H3,(H,16,20). The molecular formula is C15H23N3O2. The minimum atomic E-state index is -0.105. The van der Waals surface area contributed by atoms with Crippen LogP contribution in [0.3, 0.4) is 0 Å². The summed E-state index contributed by atoms with van der Waals surface area (Å²) in [7, 11) is 3.47. The Labute approximate surface area is 120 Å². The number of hydrogen-bond donors (Lipinski definition) is 1. The zero-order valence-corrected chi connectivity index (χ0v) is 12.6. The van der Waals surface area contributed by atoms with E-state index in [9.17, 15) is 9.59 Å². The monoisotopic (exact) mass is 277 g/mol. The van der Waals surface area contributed by atoms with Crippen LogP contribution in [0.4, 0.5) is 10.5 Å². The summed E-state index contributed by atoms with van der Waals surface area (Å²) < 4.78 is 0. The lowest BCUT2D eigenvalue weighted by atomic mass is 10.1. The highest BCUT2D eigenvalue weighted by Gasteiger charge is 2.09. The Morgan fingerprint density at radius 3 is 2.05 bits per heavy atom. The van der Waals surface area contributed by atoms with Gasteiger partial charge in [0.15, 0.2) is 0 Å². The number of anilines is 1. The summed E-state index contributed by atoms with van der Waals surface area (Å²) in [6.45, 7) is 5.24. The summed E-state index contributed by atoms with van der Waals surface area (Å²) in [6.07, 6.45) is 0.372. The molecule has 0 bridgehead atoms. The van der Waals surface area contributed by atoms with Crippen molar-refractivity contribution in [1.29, 1.82) is 0 Å². The number of urea groups is 1. The third kappa shape index (κ3) is 4.57. The predicted octanol–water partition coefficient (Wildman–Crippen LogP) is 2.19. The van der Waals surface area contributed by atoms with Gasteiger partial charge in [-0.15, -0.1) is 0 Å². The molecule has 0 aliphatic heterocycles. The minimum absolute atomic E-state index is 0.0601. The molecule has 0 saturated carbocycles. The number of hydrogen-bond acceptors (Lipinski definition) is 2. The van der Waals surface area contributed by atoms with E-state index in [2.05, 4.69) is 5.32 Å². The fourth-order valence-corrected chi connectivity index (χ4v) is 1.75. The molecule has 0 aromatic heterocycles. The number of carbonyl (C=O) groups excluding carboxylic acids is 2. The van der Waals surface area contributed by atoms with E-state index >= 15 is 0 Å². The van der Waals surface area contributed by atoms with Gasteiger partial charge in [0.1, 0.15) is 0 Å². The number of amides is 3. The molecule has 0 aliphatic carbocycles. The molecule has 3 amide bonds. The normalized spacial score (nSPS) is 10.0. The second-order valence-electron chi connectivity index (χ2n) is 4.76. The number of nitrogens with one attached hydrogen (secondary N) is 1. The van der Waals surface area contributed by atoms with E-state index in [4.69, 9.17) is 0 Å². The first-order chi connectivity index (χ1) is 9.47. The maximum absolute atomic E-state index is 11.9. The van der Waals surface area contributed by atoms with Crippen molar-refractivity contribution in [2.24, 2.45) is 0 Å². The van der Waals surface area contributed by atoms with Crippen molar-refractivity contribution in [2.75, 3.05) is 32.5 Å². The van der Waals surface area contributed by atoms with E-state index in [-0.39, 0.29) is 11.9 Å². The van der Waals surface area contributed by atoms with Crippen LogP contribution in [0, 0.1) is 0 Å². The third-order valence-electron chi connectivity index (χ3n) is 3.11. The van der Waals surface area contributed by atoms with Gasteiger partial charge in [-0.05, 0) is 31.5 Å². The van der Waals surface area contributed by atoms with E-state index in [1.807, 2.05) is 38.1 Å². The third-order valence-corrected chi connectivity index (χ3v) is 3.11. The Balaban J connectivity index is 2.63. The van der Waals surface area contributed by atoms with Crippen LogP contribution in [-0.4, -0.2) is 48.9 Å². The van der Waals surface area contributed by atoms with Crippen LogP contribution in [0.15, 0.2) is 24.3 Å². The summed E-state index contributed by atoms with van der Waals surface area (Å²) in [5, 5.41) is 2.84. The lowest BCUT2D eigenvalue weighted by Crippen LogP contribution is -2.34. The Morgan fingerprint density at radius 2 is 1.60 bits per heavy atom. The SMILES string of the molecule is CCN(CC)C(=O)Nc1ccc(CC(=O)N(C)C)cc1. The smallest absolute Gasteiger partial charge is 0.321 e. The van der Waals surface area contributed by atoms with E-state index in [0.717, 1.165) is 11.3 Å². The first-order valence-electron chi connectivity index (χ1n) is 6.83. The molecule has 0 fully saturated rings. The van der Waals surface area contributed by atoms with Crippen molar-refractivity contribution in [3.8, 4) is 0 Å². The second-order valence-corrected chi connectivity index (χ2v) is 4.76. The number of benzene rings is 1. The first-order valence-corrected chi connectivity index (χ1v) is 6.83. The summed E-state index contributed by atoms with van der Waals surface area (Å²) in [6, 6.07) is 7.25. The molecule has 0 aliphatic rings. The zero-order chi connectivity index (χ0) is 15.1. The number of rotatable bonds is 5. The molecule has 5 nitrogen and oxygen atoms in total. The Bertz CT molecular complexity index is 451. The summed E-state index contributed by atoms with van der Waals surface area (Å²) in [5.74, 6) is 0.0601. The van der Waals surface area contributed by atoms with Crippen LogP contribution in [0.25, 0.3) is 0 Å². The quantitative estimate of drug-likeness (QED) is 0.897. The average Bonchev–Trinajstić information content (AvgIpc) is 2.42. The number of carbonyl (C=O) groups is 2. The molecule has 1 N–H and O–H groups in total. The lowest BCUT2D eigenvalue weighted by Gasteiger charge is -2.19. The lowest BCUT2D eigenvalue weighted by molar-refractivity contribution is -0.127. The van der Waals surface area contributed by atoms with E-state index in [1.165, 1.54) is 0 Å². The first kappa shape index (κ1) is 16.0. The van der Waals surface area contributed by atoms with Gasteiger partial charge in [-0.1, -0.05) is 12.1 Å². The van der Waals surface area contributed by atoms with Crippen molar-refractivity contribution in [3.63, 3.8) is 0 Å². The van der Waals surface area contributed by atoms with Crippen LogP contribution in [0.2, 0.25) is 0 Å². The van der Waals surface area contributed by atoms with Gasteiger partial charge < -0.3 is 15.1 Å². The van der Waals surface area contributed by atoms with Gasteiger partial charge in [-0.25, -0.2) is 4.79 Å². The van der Waals surface area contributed by atoms with Crippen LogP contribution >= 0.6 is 0 Å². The van der Waals surface area contributed by atoms with Crippen LogP contribution in [0.1, 0.15) is 19.4 Å². The Kier molecular flexibility index (Phi) is 6.03. The molecule has 20 heavy (non-hydrogen) atoms. The summed E-state index contributed by atoms with van der Waals surface area (Å²) in [4.78, 5) is 26.7. The molecule has 110 valence electrons. The number of likely N-dealkylation sites (N-methyl/N-ethyl adjacent to an activating group) is 1. The van der Waals surface area contributed by atoms with Gasteiger partial charge in [0.2, 0.25) is 5.91 Å². The maximum Gasteiger partial charge on any atom is 0.321 e. The van der Waals surface area contributed by atoms with Gasteiger partial charge in [0.05, 0.1) is 6.42 Å². The van der Waals surface area contributed by atoms with Gasteiger partial charge in [0, 0.05) is 32.9 Å². The predicted molar refractivity (Wildman–Crippen MR) is 80.8 cm³/mol. The van der Waals surface area contributed by atoms with Gasteiger partial charge >= 0.3 is 6.03 Å². The molecule has 0 spiro atoms. The fraction of sp³-hybridized carbons (Fsp3) is 0.467. The largest absolute Gasteiger partial charge is 0.349 e. The van der Waals surface area contributed by atoms with Crippen molar-refractivity contribution < 1.29 is 9.59 Å². The number of nitrogens with zero attached hydrogens (tertiary/aromatic N) is 2. The molecule has 1 aromatic carbocycles. The highest BCUT2D eigenvalue weighted by Crippen LogP contribution is 2.11. The van der Waals surface area contributed by atoms with Crippen molar-refractivity contribution in [2.45, 2.75) is 20.3 Å². The second kappa shape index (κ2) is 7.53. The zero-order valence-electron chi connectivity index (χ0n) is 12.6. The fourth-order valence-electron chi connectivity index (χ4n) is 1.75. The van der Waals surface area contributed by atoms with Gasteiger partial charge in [-0.3, -0.25) is 4.79 Å². The van der Waals surface area contributed by atoms with Crippen LogP contribution < -0.4 is 5.32 Å². The van der Waals surface area contributed by atoms with E-state index < -0.39 is 0 Å². The molecule has 1 aromatic rings. The van der Waals surface area contributed by atoms with Gasteiger partial charge in [0.25, 0.3) is 0 Å². The molecular weight excluding hydrogens is 254 g/mol. The van der Waals surface area contributed by atoms with E-state index in [0.29, 0.717) is 19.5 Å². The maximum atomic E-state index is 11.9. The van der Waals surface area contributed by atoms with Crippen molar-refractivity contribution in [1.82, 2.24) is 9.80 Å². The van der Waals surface area contributed by atoms with Crippen molar-refractivity contribution in [3.05, 3.63) is 29.8 Å².